The number of unbranched alkanes of at least 4 members (excludes halogenated alkanes) is 10. The van der Waals surface area contributed by atoms with Gasteiger partial charge in [-0.1, -0.05) is 91.9 Å². The maximum atomic E-state index is 2.47. The fraction of sp³-hybridized carbons (Fsp3) is 0.941. The monoisotopic (exact) mass is 239 g/mol. The highest BCUT2D eigenvalue weighted by Gasteiger charge is 2.08. The zero-order chi connectivity index (χ0) is 13.0. The molecule has 0 N–H and O–H groups in total. The van der Waals surface area contributed by atoms with Crippen LogP contribution in [-0.2, 0) is 0 Å². The topological polar surface area (TPSA) is 0 Å². The Morgan fingerprint density at radius 1 is 0.647 bits per heavy atom. The van der Waals surface area contributed by atoms with E-state index in [1.54, 1.807) is 0 Å². The molecular formula is C17H35. The van der Waals surface area contributed by atoms with Crippen LogP contribution in [0.2, 0.25) is 0 Å². The van der Waals surface area contributed by atoms with Crippen LogP contribution in [0, 0.1) is 11.8 Å². The number of hydrogen-bond acceptors (Lipinski definition) is 0. The van der Waals surface area contributed by atoms with E-state index in [0.29, 0.717) is 5.41 Å². The van der Waals surface area contributed by atoms with Crippen molar-refractivity contribution in [2.45, 2.75) is 98.3 Å². The molecule has 0 aliphatic carbocycles. The SMILES string of the molecule is CCCCCCCCCCCC[CH]C(C)(C)C. The van der Waals surface area contributed by atoms with Crippen molar-refractivity contribution in [3.05, 3.63) is 6.42 Å². The maximum Gasteiger partial charge on any atom is -0.0332 e. The molecule has 0 saturated heterocycles. The van der Waals surface area contributed by atoms with Gasteiger partial charge in [-0.15, -0.1) is 0 Å². The predicted octanol–water partition coefficient (Wildman–Crippen LogP) is 6.55. The molecule has 103 valence electrons. The molecule has 0 aliphatic rings. The van der Waals surface area contributed by atoms with Crippen LogP contribution < -0.4 is 0 Å². The van der Waals surface area contributed by atoms with E-state index in [2.05, 4.69) is 34.1 Å². The second-order valence-electron chi connectivity index (χ2n) is 6.54. The highest BCUT2D eigenvalue weighted by Crippen LogP contribution is 2.21. The van der Waals surface area contributed by atoms with Crippen LogP contribution in [-0.4, -0.2) is 0 Å². The summed E-state index contributed by atoms with van der Waals surface area (Å²) < 4.78 is 0. The summed E-state index contributed by atoms with van der Waals surface area (Å²) in [6.07, 6.45) is 18.2. The second-order valence-corrected chi connectivity index (χ2v) is 6.54. The lowest BCUT2D eigenvalue weighted by molar-refractivity contribution is 0.460. The summed E-state index contributed by atoms with van der Waals surface area (Å²) in [7, 11) is 0. The third-order valence-corrected chi connectivity index (χ3v) is 3.31. The summed E-state index contributed by atoms with van der Waals surface area (Å²) >= 11 is 0. The lowest BCUT2D eigenvalue weighted by Crippen LogP contribution is -2.04. The molecule has 0 heterocycles. The first-order valence-corrected chi connectivity index (χ1v) is 7.90. The highest BCUT2D eigenvalue weighted by molar-refractivity contribution is 4.79. The van der Waals surface area contributed by atoms with Gasteiger partial charge in [-0.25, -0.2) is 0 Å². The van der Waals surface area contributed by atoms with Crippen molar-refractivity contribution in [3.63, 3.8) is 0 Å². The molecule has 0 rings (SSSR count). The van der Waals surface area contributed by atoms with Crippen molar-refractivity contribution in [3.8, 4) is 0 Å². The van der Waals surface area contributed by atoms with E-state index in [-0.39, 0.29) is 0 Å². The molecule has 0 bridgehead atoms. The van der Waals surface area contributed by atoms with Gasteiger partial charge in [0.05, 0.1) is 0 Å². The van der Waals surface area contributed by atoms with Crippen molar-refractivity contribution in [1.82, 2.24) is 0 Å². The summed E-state index contributed by atoms with van der Waals surface area (Å²) in [5.41, 5.74) is 0.416. The summed E-state index contributed by atoms with van der Waals surface area (Å²) in [4.78, 5) is 0. The summed E-state index contributed by atoms with van der Waals surface area (Å²) in [5, 5.41) is 0. The van der Waals surface area contributed by atoms with Gasteiger partial charge in [-0.2, -0.15) is 0 Å². The molecule has 0 nitrogen and oxygen atoms in total. The van der Waals surface area contributed by atoms with Crippen LogP contribution in [0.5, 0.6) is 0 Å². The van der Waals surface area contributed by atoms with Gasteiger partial charge in [0.25, 0.3) is 0 Å². The highest BCUT2D eigenvalue weighted by atomic mass is 14.1. The second kappa shape index (κ2) is 11.1. The number of rotatable bonds is 11. The van der Waals surface area contributed by atoms with Gasteiger partial charge in [0.1, 0.15) is 0 Å². The van der Waals surface area contributed by atoms with Gasteiger partial charge in [0.2, 0.25) is 0 Å². The van der Waals surface area contributed by atoms with E-state index in [9.17, 15) is 0 Å². The molecule has 0 aromatic heterocycles. The molecule has 0 aromatic carbocycles. The van der Waals surface area contributed by atoms with Crippen LogP contribution in [0.3, 0.4) is 0 Å². The molecule has 0 aliphatic heterocycles. The molecule has 17 heavy (non-hydrogen) atoms. The fourth-order valence-electron chi connectivity index (χ4n) is 2.17. The standard InChI is InChI=1S/C17H35/c1-5-6-7-8-9-10-11-12-13-14-15-16-17(2,3)4/h16H,5-15H2,1-4H3. The van der Waals surface area contributed by atoms with E-state index in [1.165, 1.54) is 70.6 Å². The molecular weight excluding hydrogens is 204 g/mol. The molecule has 0 atom stereocenters. The smallest absolute Gasteiger partial charge is 0.0332 e. The maximum absolute atomic E-state index is 2.47. The Bertz CT molecular complexity index is 141. The van der Waals surface area contributed by atoms with E-state index >= 15 is 0 Å². The van der Waals surface area contributed by atoms with E-state index in [0.717, 1.165) is 0 Å². The van der Waals surface area contributed by atoms with Gasteiger partial charge in [-0.05, 0) is 18.3 Å². The van der Waals surface area contributed by atoms with Gasteiger partial charge in [-0.3, -0.25) is 0 Å². The normalized spacial score (nSPS) is 12.0. The molecule has 0 unspecified atom stereocenters. The average Bonchev–Trinajstić information content (AvgIpc) is 2.24. The largest absolute Gasteiger partial charge is 0.0654 e. The molecule has 1 radical (unpaired) electrons. The molecule has 0 aromatic rings. The Hall–Kier alpha value is 0. The minimum atomic E-state index is 0.416. The Morgan fingerprint density at radius 2 is 1.06 bits per heavy atom. The third-order valence-electron chi connectivity index (χ3n) is 3.31. The van der Waals surface area contributed by atoms with Crippen molar-refractivity contribution in [2.24, 2.45) is 5.41 Å². The quantitative estimate of drug-likeness (QED) is 0.359. The molecule has 0 spiro atoms. The first-order valence-electron chi connectivity index (χ1n) is 7.90. The molecule has 0 amide bonds. The lowest BCUT2D eigenvalue weighted by atomic mass is 9.89. The fourth-order valence-corrected chi connectivity index (χ4v) is 2.17. The van der Waals surface area contributed by atoms with Crippen molar-refractivity contribution in [1.29, 1.82) is 0 Å². The van der Waals surface area contributed by atoms with Crippen LogP contribution in [0.1, 0.15) is 98.3 Å². The van der Waals surface area contributed by atoms with Gasteiger partial charge >= 0.3 is 0 Å². The van der Waals surface area contributed by atoms with Crippen molar-refractivity contribution in [2.75, 3.05) is 0 Å². The van der Waals surface area contributed by atoms with E-state index < -0.39 is 0 Å². The molecule has 0 heteroatoms. The first-order chi connectivity index (χ1) is 8.06. The van der Waals surface area contributed by atoms with E-state index in [4.69, 9.17) is 0 Å². The Labute approximate surface area is 111 Å². The summed E-state index contributed by atoms with van der Waals surface area (Å²) in [6, 6.07) is 0. The Kier molecular flexibility index (Phi) is 11.1. The Balaban J connectivity index is 2.99. The zero-order valence-corrected chi connectivity index (χ0v) is 12.9. The van der Waals surface area contributed by atoms with Gasteiger partial charge in [0, 0.05) is 0 Å². The minimum Gasteiger partial charge on any atom is -0.0654 e. The van der Waals surface area contributed by atoms with E-state index in [1.807, 2.05) is 0 Å². The van der Waals surface area contributed by atoms with Crippen molar-refractivity contribution >= 4 is 0 Å². The first kappa shape index (κ1) is 17.0. The van der Waals surface area contributed by atoms with Gasteiger partial charge < -0.3 is 0 Å². The van der Waals surface area contributed by atoms with Crippen LogP contribution in [0.25, 0.3) is 0 Å². The number of hydrogen-bond donors (Lipinski definition) is 0. The lowest BCUT2D eigenvalue weighted by Gasteiger charge is -2.16. The summed E-state index contributed by atoms with van der Waals surface area (Å²) in [6.45, 7) is 9.17. The van der Waals surface area contributed by atoms with Crippen LogP contribution in [0.4, 0.5) is 0 Å². The minimum absolute atomic E-state index is 0.416. The predicted molar refractivity (Wildman–Crippen MR) is 80.2 cm³/mol. The van der Waals surface area contributed by atoms with Crippen LogP contribution >= 0.6 is 0 Å². The Morgan fingerprint density at radius 3 is 1.47 bits per heavy atom. The molecule has 0 saturated carbocycles. The van der Waals surface area contributed by atoms with Crippen molar-refractivity contribution < 1.29 is 0 Å². The van der Waals surface area contributed by atoms with Gasteiger partial charge in [0.15, 0.2) is 0 Å². The molecule has 0 fully saturated rings. The average molecular weight is 239 g/mol. The zero-order valence-electron chi connectivity index (χ0n) is 12.9. The summed E-state index contributed by atoms with van der Waals surface area (Å²) in [5.74, 6) is 0. The van der Waals surface area contributed by atoms with Crippen LogP contribution in [0.15, 0.2) is 0 Å². The third kappa shape index (κ3) is 16.0.